The monoisotopic (exact) mass is 353 g/mol. The van der Waals surface area contributed by atoms with E-state index >= 15 is 0 Å². The van der Waals surface area contributed by atoms with E-state index in [0.29, 0.717) is 23.9 Å². The van der Waals surface area contributed by atoms with Crippen LogP contribution in [0.2, 0.25) is 0 Å². The zero-order valence-corrected chi connectivity index (χ0v) is 15.4. The van der Waals surface area contributed by atoms with Crippen LogP contribution < -0.4 is 5.32 Å². The Kier molecular flexibility index (Phi) is 5.32. The zero-order chi connectivity index (χ0) is 17.9. The molecule has 1 saturated carbocycles. The third-order valence-electron chi connectivity index (χ3n) is 6.26. The molecule has 0 radical (unpaired) electrons. The van der Waals surface area contributed by atoms with Gasteiger partial charge in [-0.05, 0) is 74.0 Å². The molecular formula is C22H28FN3. The molecule has 1 aliphatic heterocycles. The summed E-state index contributed by atoms with van der Waals surface area (Å²) in [4.78, 5) is 6.77. The van der Waals surface area contributed by atoms with E-state index in [0.717, 1.165) is 13.1 Å². The maximum Gasteiger partial charge on any atom is 0.123 e. The predicted octanol–water partition coefficient (Wildman–Crippen LogP) is 4.14. The molecule has 1 aromatic carbocycles. The number of pyridine rings is 1. The summed E-state index contributed by atoms with van der Waals surface area (Å²) in [5, 5.41) is 3.87. The summed E-state index contributed by atoms with van der Waals surface area (Å²) in [6.45, 7) is 2.17. The zero-order valence-electron chi connectivity index (χ0n) is 15.4. The van der Waals surface area contributed by atoms with Crippen molar-refractivity contribution in [1.82, 2.24) is 15.2 Å². The van der Waals surface area contributed by atoms with Crippen LogP contribution in [0.25, 0.3) is 0 Å². The first-order valence-corrected chi connectivity index (χ1v) is 9.81. The fourth-order valence-electron chi connectivity index (χ4n) is 4.93. The second-order valence-corrected chi connectivity index (χ2v) is 7.86. The van der Waals surface area contributed by atoms with E-state index in [9.17, 15) is 4.39 Å². The Morgan fingerprint density at radius 2 is 1.96 bits per heavy atom. The Balaban J connectivity index is 1.42. The Hall–Kier alpha value is -1.78. The highest BCUT2D eigenvalue weighted by molar-refractivity contribution is 5.23. The molecular weight excluding hydrogens is 325 g/mol. The SMILES string of the molecule is CN1CC[C@@H](CN[C@@H]2CCC[C@H]2c2ccc(F)cc2)[C@@H]1c1cccnc1. The molecule has 1 saturated heterocycles. The molecule has 138 valence electrons. The van der Waals surface area contributed by atoms with Gasteiger partial charge in [0, 0.05) is 31.0 Å². The number of nitrogens with zero attached hydrogens (tertiary/aromatic N) is 2. The topological polar surface area (TPSA) is 28.2 Å². The van der Waals surface area contributed by atoms with Crippen molar-refractivity contribution < 1.29 is 4.39 Å². The lowest BCUT2D eigenvalue weighted by Gasteiger charge is -2.28. The van der Waals surface area contributed by atoms with Gasteiger partial charge in [0.15, 0.2) is 0 Å². The summed E-state index contributed by atoms with van der Waals surface area (Å²) in [5.41, 5.74) is 2.59. The third kappa shape index (κ3) is 3.67. The number of benzene rings is 1. The highest BCUT2D eigenvalue weighted by atomic mass is 19.1. The van der Waals surface area contributed by atoms with Crippen LogP contribution in [0, 0.1) is 11.7 Å². The molecule has 2 aromatic rings. The van der Waals surface area contributed by atoms with Crippen molar-refractivity contribution in [2.75, 3.05) is 20.1 Å². The van der Waals surface area contributed by atoms with Crippen molar-refractivity contribution in [3.05, 3.63) is 65.7 Å². The van der Waals surface area contributed by atoms with E-state index < -0.39 is 0 Å². The van der Waals surface area contributed by atoms with Crippen LogP contribution in [0.15, 0.2) is 48.8 Å². The van der Waals surface area contributed by atoms with Crippen LogP contribution in [-0.2, 0) is 0 Å². The number of likely N-dealkylation sites (tertiary alicyclic amines) is 1. The standard InChI is InChI=1S/C22H28FN3/c1-26-13-11-18(22(26)17-4-3-12-24-14-17)15-25-21-6-2-5-20(21)16-7-9-19(23)10-8-16/h3-4,7-10,12,14,18,20-22,25H,2,5-6,11,13,15H2,1H3/t18-,20-,21+,22-/m0/s1. The minimum atomic E-state index is -0.149. The highest BCUT2D eigenvalue weighted by Crippen LogP contribution is 2.38. The number of aromatic nitrogens is 1. The minimum absolute atomic E-state index is 0.149. The van der Waals surface area contributed by atoms with Gasteiger partial charge >= 0.3 is 0 Å². The van der Waals surface area contributed by atoms with Crippen LogP contribution in [0.4, 0.5) is 4.39 Å². The van der Waals surface area contributed by atoms with Crippen molar-refractivity contribution in [2.24, 2.45) is 5.92 Å². The molecule has 2 fully saturated rings. The number of nitrogens with one attached hydrogen (secondary N) is 1. The molecule has 1 aliphatic carbocycles. The van der Waals surface area contributed by atoms with Crippen LogP contribution in [0.3, 0.4) is 0 Å². The first-order chi connectivity index (χ1) is 12.7. The maximum absolute atomic E-state index is 13.2. The molecule has 26 heavy (non-hydrogen) atoms. The second-order valence-electron chi connectivity index (χ2n) is 7.86. The normalized spacial score (nSPS) is 29.3. The largest absolute Gasteiger partial charge is 0.313 e. The van der Waals surface area contributed by atoms with Gasteiger partial charge in [-0.3, -0.25) is 9.88 Å². The number of hydrogen-bond donors (Lipinski definition) is 1. The highest BCUT2D eigenvalue weighted by Gasteiger charge is 2.35. The molecule has 0 bridgehead atoms. The van der Waals surface area contributed by atoms with Crippen molar-refractivity contribution in [1.29, 1.82) is 0 Å². The van der Waals surface area contributed by atoms with Crippen LogP contribution in [0.5, 0.6) is 0 Å². The lowest BCUT2D eigenvalue weighted by molar-refractivity contribution is 0.265. The van der Waals surface area contributed by atoms with Gasteiger partial charge in [-0.25, -0.2) is 4.39 Å². The van der Waals surface area contributed by atoms with E-state index in [1.807, 2.05) is 30.6 Å². The predicted molar refractivity (Wildman–Crippen MR) is 102 cm³/mol. The van der Waals surface area contributed by atoms with Gasteiger partial charge in [0.1, 0.15) is 5.82 Å². The quantitative estimate of drug-likeness (QED) is 0.876. The Morgan fingerprint density at radius 3 is 2.73 bits per heavy atom. The third-order valence-corrected chi connectivity index (χ3v) is 6.26. The molecule has 2 aliphatic rings. The molecule has 2 heterocycles. The van der Waals surface area contributed by atoms with Crippen molar-refractivity contribution in [2.45, 2.75) is 43.7 Å². The lowest BCUT2D eigenvalue weighted by atomic mass is 9.91. The minimum Gasteiger partial charge on any atom is -0.313 e. The first kappa shape index (κ1) is 17.6. The average Bonchev–Trinajstić information content (AvgIpc) is 3.28. The smallest absolute Gasteiger partial charge is 0.123 e. The van der Waals surface area contributed by atoms with Gasteiger partial charge in [0.05, 0.1) is 0 Å². The second kappa shape index (κ2) is 7.85. The molecule has 4 atom stereocenters. The first-order valence-electron chi connectivity index (χ1n) is 9.81. The Bertz CT molecular complexity index is 703. The maximum atomic E-state index is 13.2. The fourth-order valence-corrected chi connectivity index (χ4v) is 4.93. The summed E-state index contributed by atoms with van der Waals surface area (Å²) < 4.78 is 13.2. The molecule has 0 spiro atoms. The number of hydrogen-bond acceptors (Lipinski definition) is 3. The summed E-state index contributed by atoms with van der Waals surface area (Å²) in [7, 11) is 2.22. The summed E-state index contributed by atoms with van der Waals surface area (Å²) in [5.74, 6) is 0.967. The van der Waals surface area contributed by atoms with Gasteiger partial charge in [-0.15, -0.1) is 0 Å². The summed E-state index contributed by atoms with van der Waals surface area (Å²) in [6, 6.07) is 12.3. The molecule has 1 aromatic heterocycles. The van der Waals surface area contributed by atoms with Crippen LogP contribution >= 0.6 is 0 Å². The van der Waals surface area contributed by atoms with Crippen molar-refractivity contribution >= 4 is 0 Å². The molecule has 4 heteroatoms. The summed E-state index contributed by atoms with van der Waals surface area (Å²) >= 11 is 0. The molecule has 1 N–H and O–H groups in total. The van der Waals surface area contributed by atoms with Crippen LogP contribution in [0.1, 0.15) is 48.8 Å². The van der Waals surface area contributed by atoms with Gasteiger partial charge in [0.2, 0.25) is 0 Å². The number of halogens is 1. The van der Waals surface area contributed by atoms with Crippen LogP contribution in [-0.4, -0.2) is 36.1 Å². The average molecular weight is 353 g/mol. The van der Waals surface area contributed by atoms with Crippen molar-refractivity contribution in [3.63, 3.8) is 0 Å². The lowest BCUT2D eigenvalue weighted by Crippen LogP contribution is -2.36. The van der Waals surface area contributed by atoms with E-state index in [4.69, 9.17) is 0 Å². The van der Waals surface area contributed by atoms with E-state index in [-0.39, 0.29) is 5.82 Å². The van der Waals surface area contributed by atoms with Gasteiger partial charge in [-0.1, -0.05) is 24.6 Å². The van der Waals surface area contributed by atoms with Gasteiger partial charge < -0.3 is 5.32 Å². The Morgan fingerprint density at radius 1 is 1.12 bits per heavy atom. The molecule has 3 nitrogen and oxygen atoms in total. The molecule has 0 amide bonds. The fraction of sp³-hybridized carbons (Fsp3) is 0.500. The van der Waals surface area contributed by atoms with Gasteiger partial charge in [-0.2, -0.15) is 0 Å². The van der Waals surface area contributed by atoms with Gasteiger partial charge in [0.25, 0.3) is 0 Å². The molecule has 4 rings (SSSR count). The number of rotatable bonds is 5. The van der Waals surface area contributed by atoms with E-state index in [1.165, 1.54) is 36.8 Å². The summed E-state index contributed by atoms with van der Waals surface area (Å²) in [6.07, 6.45) is 8.73. The van der Waals surface area contributed by atoms with Crippen molar-refractivity contribution in [3.8, 4) is 0 Å². The van der Waals surface area contributed by atoms with E-state index in [1.54, 1.807) is 12.1 Å². The molecule has 0 unspecified atom stereocenters. The Labute approximate surface area is 155 Å². The van der Waals surface area contributed by atoms with E-state index in [2.05, 4.69) is 28.3 Å².